The van der Waals surface area contributed by atoms with Gasteiger partial charge in [-0.2, -0.15) is 5.26 Å². The number of rotatable bonds is 2. The minimum atomic E-state index is -0.471. The van der Waals surface area contributed by atoms with Crippen LogP contribution in [0.2, 0.25) is 0 Å². The van der Waals surface area contributed by atoms with Gasteiger partial charge >= 0.3 is 0 Å². The van der Waals surface area contributed by atoms with Gasteiger partial charge in [-0.1, -0.05) is 4.49 Å². The van der Waals surface area contributed by atoms with Crippen LogP contribution in [0, 0.1) is 11.3 Å². The Labute approximate surface area is 110 Å². The molecule has 0 spiro atoms. The molecule has 0 saturated carbocycles. The Morgan fingerprint density at radius 1 is 1.44 bits per heavy atom. The number of carbonyl (C=O) groups excluding carboxylic acids is 1. The average Bonchev–Trinajstić information content (AvgIpc) is 2.92. The topological polar surface area (TPSA) is 73.1 Å². The molecule has 1 aliphatic heterocycles. The van der Waals surface area contributed by atoms with Gasteiger partial charge in [-0.05, 0) is 25.4 Å². The zero-order chi connectivity index (χ0) is 13.2. The van der Waals surface area contributed by atoms with Crippen LogP contribution in [0.15, 0.2) is 6.20 Å². The number of amides is 1. The number of piperazine rings is 1. The van der Waals surface area contributed by atoms with Crippen LogP contribution in [-0.2, 0) is 0 Å². The normalized spacial score (nSPS) is 17.5. The molecule has 0 aliphatic carbocycles. The number of aromatic nitrogens is 2. The molecule has 6 nitrogen and oxygen atoms in total. The summed E-state index contributed by atoms with van der Waals surface area (Å²) in [6.07, 6.45) is 1.50. The van der Waals surface area contributed by atoms with Crippen molar-refractivity contribution in [3.8, 4) is 6.07 Å². The minimum Gasteiger partial charge on any atom is -0.335 e. The van der Waals surface area contributed by atoms with Gasteiger partial charge in [0.1, 0.15) is 10.4 Å². The van der Waals surface area contributed by atoms with Crippen LogP contribution >= 0.6 is 11.5 Å². The molecule has 96 valence electrons. The monoisotopic (exact) mass is 265 g/mol. The van der Waals surface area contributed by atoms with Crippen molar-refractivity contribution >= 4 is 17.4 Å². The van der Waals surface area contributed by atoms with E-state index in [0.717, 1.165) is 24.6 Å². The van der Waals surface area contributed by atoms with Gasteiger partial charge in [0, 0.05) is 26.2 Å². The molecule has 2 rings (SSSR count). The zero-order valence-corrected chi connectivity index (χ0v) is 11.3. The third-order valence-electron chi connectivity index (χ3n) is 3.20. The first-order valence-electron chi connectivity index (χ1n) is 5.77. The molecule has 0 unspecified atom stereocenters. The molecule has 1 amide bonds. The SMILES string of the molecule is CC(C)(C#N)N1CCN(C(=O)c2cnns2)CC1. The lowest BCUT2D eigenvalue weighted by atomic mass is 10.0. The molecule has 0 bridgehead atoms. The van der Waals surface area contributed by atoms with Crippen LogP contribution in [0.3, 0.4) is 0 Å². The lowest BCUT2D eigenvalue weighted by Gasteiger charge is -2.40. The molecule has 0 aromatic carbocycles. The van der Waals surface area contributed by atoms with Crippen molar-refractivity contribution in [3.63, 3.8) is 0 Å². The molecule has 0 atom stereocenters. The van der Waals surface area contributed by atoms with Gasteiger partial charge < -0.3 is 4.90 Å². The van der Waals surface area contributed by atoms with Crippen LogP contribution < -0.4 is 0 Å². The molecule has 1 aliphatic rings. The predicted octanol–water partition coefficient (Wildman–Crippen LogP) is 0.598. The van der Waals surface area contributed by atoms with Crippen molar-refractivity contribution in [2.45, 2.75) is 19.4 Å². The van der Waals surface area contributed by atoms with E-state index >= 15 is 0 Å². The van der Waals surface area contributed by atoms with Crippen molar-refractivity contribution in [3.05, 3.63) is 11.1 Å². The summed E-state index contributed by atoms with van der Waals surface area (Å²) in [6, 6.07) is 2.29. The number of carbonyl (C=O) groups is 1. The average molecular weight is 265 g/mol. The van der Waals surface area contributed by atoms with E-state index in [-0.39, 0.29) is 5.91 Å². The first-order valence-corrected chi connectivity index (χ1v) is 6.55. The molecule has 1 saturated heterocycles. The van der Waals surface area contributed by atoms with Crippen LogP contribution in [-0.4, -0.2) is 57.0 Å². The summed E-state index contributed by atoms with van der Waals surface area (Å²) in [7, 11) is 0. The lowest BCUT2D eigenvalue weighted by Crippen LogP contribution is -2.55. The fourth-order valence-electron chi connectivity index (χ4n) is 1.96. The van der Waals surface area contributed by atoms with Crippen molar-refractivity contribution in [1.82, 2.24) is 19.4 Å². The lowest BCUT2D eigenvalue weighted by molar-refractivity contribution is 0.0525. The van der Waals surface area contributed by atoms with Crippen molar-refractivity contribution in [2.24, 2.45) is 0 Å². The number of hydrogen-bond acceptors (Lipinski definition) is 6. The highest BCUT2D eigenvalue weighted by molar-refractivity contribution is 7.07. The highest BCUT2D eigenvalue weighted by atomic mass is 32.1. The quantitative estimate of drug-likeness (QED) is 0.783. The van der Waals surface area contributed by atoms with Crippen LogP contribution in [0.5, 0.6) is 0 Å². The van der Waals surface area contributed by atoms with E-state index in [1.807, 2.05) is 13.8 Å². The summed E-state index contributed by atoms with van der Waals surface area (Å²) < 4.78 is 3.70. The Kier molecular flexibility index (Phi) is 3.59. The van der Waals surface area contributed by atoms with Crippen LogP contribution in [0.4, 0.5) is 0 Å². The molecule has 1 aromatic rings. The summed E-state index contributed by atoms with van der Waals surface area (Å²) >= 11 is 1.12. The summed E-state index contributed by atoms with van der Waals surface area (Å²) in [5.74, 6) is -0.0144. The second-order valence-corrected chi connectivity index (χ2v) is 5.52. The van der Waals surface area contributed by atoms with Gasteiger partial charge in [0.05, 0.1) is 12.3 Å². The Hall–Kier alpha value is -1.52. The second-order valence-electron chi connectivity index (χ2n) is 4.73. The van der Waals surface area contributed by atoms with Crippen molar-refractivity contribution < 1.29 is 4.79 Å². The summed E-state index contributed by atoms with van der Waals surface area (Å²) in [5.41, 5.74) is -0.471. The number of hydrogen-bond donors (Lipinski definition) is 0. The number of nitrogens with zero attached hydrogens (tertiary/aromatic N) is 5. The zero-order valence-electron chi connectivity index (χ0n) is 10.5. The maximum Gasteiger partial charge on any atom is 0.267 e. The van der Waals surface area contributed by atoms with Crippen LogP contribution in [0.25, 0.3) is 0 Å². The Bertz CT molecular complexity index is 456. The van der Waals surface area contributed by atoms with E-state index in [1.54, 1.807) is 4.90 Å². The smallest absolute Gasteiger partial charge is 0.267 e. The van der Waals surface area contributed by atoms with Crippen molar-refractivity contribution in [2.75, 3.05) is 26.2 Å². The first kappa shape index (κ1) is 12.9. The Morgan fingerprint density at radius 3 is 2.61 bits per heavy atom. The van der Waals surface area contributed by atoms with E-state index in [2.05, 4.69) is 20.6 Å². The van der Waals surface area contributed by atoms with Gasteiger partial charge in [-0.25, -0.2) is 0 Å². The van der Waals surface area contributed by atoms with E-state index in [0.29, 0.717) is 18.0 Å². The molecule has 2 heterocycles. The predicted molar refractivity (Wildman–Crippen MR) is 67.1 cm³/mol. The maximum absolute atomic E-state index is 12.1. The molecule has 18 heavy (non-hydrogen) atoms. The van der Waals surface area contributed by atoms with Gasteiger partial charge in [0.25, 0.3) is 5.91 Å². The number of nitriles is 1. The largest absolute Gasteiger partial charge is 0.335 e. The third-order valence-corrected chi connectivity index (χ3v) is 3.86. The minimum absolute atomic E-state index is 0.0144. The van der Waals surface area contributed by atoms with Gasteiger partial charge in [-0.15, -0.1) is 5.10 Å². The molecular formula is C11H15N5OS. The standard InChI is InChI=1S/C11H15N5OS/c1-11(2,8-12)16-5-3-15(4-6-16)10(17)9-7-13-14-18-9/h7H,3-6H2,1-2H3. The van der Waals surface area contributed by atoms with E-state index in [4.69, 9.17) is 5.26 Å². The van der Waals surface area contributed by atoms with Crippen LogP contribution in [0.1, 0.15) is 23.5 Å². The van der Waals surface area contributed by atoms with Gasteiger partial charge in [0.2, 0.25) is 0 Å². The van der Waals surface area contributed by atoms with Crippen molar-refractivity contribution in [1.29, 1.82) is 5.26 Å². The highest BCUT2D eigenvalue weighted by Crippen LogP contribution is 2.17. The van der Waals surface area contributed by atoms with Gasteiger partial charge in [-0.3, -0.25) is 9.69 Å². The van der Waals surface area contributed by atoms with E-state index in [1.165, 1.54) is 6.20 Å². The first-order chi connectivity index (χ1) is 8.54. The fourth-order valence-corrected chi connectivity index (χ4v) is 2.44. The molecule has 7 heteroatoms. The maximum atomic E-state index is 12.1. The Balaban J connectivity index is 1.96. The Morgan fingerprint density at radius 2 is 2.11 bits per heavy atom. The van der Waals surface area contributed by atoms with E-state index in [9.17, 15) is 4.79 Å². The summed E-state index contributed by atoms with van der Waals surface area (Å²) in [6.45, 7) is 6.52. The molecule has 1 aromatic heterocycles. The molecular weight excluding hydrogens is 250 g/mol. The fraction of sp³-hybridized carbons (Fsp3) is 0.636. The third kappa shape index (κ3) is 2.49. The molecule has 0 N–H and O–H groups in total. The highest BCUT2D eigenvalue weighted by Gasteiger charge is 2.31. The summed E-state index contributed by atoms with van der Waals surface area (Å²) in [5, 5.41) is 12.8. The second kappa shape index (κ2) is 5.00. The summed E-state index contributed by atoms with van der Waals surface area (Å²) in [4.78, 5) is 16.5. The van der Waals surface area contributed by atoms with E-state index < -0.39 is 5.54 Å². The molecule has 0 radical (unpaired) electrons. The van der Waals surface area contributed by atoms with Gasteiger partial charge in [0.15, 0.2) is 0 Å². The molecule has 1 fully saturated rings.